The fourth-order valence-electron chi connectivity index (χ4n) is 3.51. The molecule has 3 aromatic rings. The van der Waals surface area contributed by atoms with Crippen molar-refractivity contribution in [2.24, 2.45) is 0 Å². The summed E-state index contributed by atoms with van der Waals surface area (Å²) in [7, 11) is -3.88. The van der Waals surface area contributed by atoms with Gasteiger partial charge in [-0.05, 0) is 26.7 Å². The van der Waals surface area contributed by atoms with Gasteiger partial charge in [0.2, 0.25) is 15.9 Å². The first-order valence-electron chi connectivity index (χ1n) is 9.14. The molecule has 0 bridgehead atoms. The van der Waals surface area contributed by atoms with Crippen molar-refractivity contribution in [2.75, 3.05) is 11.9 Å². The molecular formula is C19H20N4O4S2. The Bertz CT molecular complexity index is 1120. The van der Waals surface area contributed by atoms with Crippen molar-refractivity contribution in [1.29, 1.82) is 0 Å². The summed E-state index contributed by atoms with van der Waals surface area (Å²) in [5.74, 6) is -0.159. The number of hydrogen-bond donors (Lipinski definition) is 1. The molecule has 1 aromatic carbocycles. The summed E-state index contributed by atoms with van der Waals surface area (Å²) in [6.45, 7) is 3.41. The van der Waals surface area contributed by atoms with Crippen LogP contribution < -0.4 is 5.32 Å². The largest absolute Gasteiger partial charge is 0.360 e. The second kappa shape index (κ2) is 7.69. The third-order valence-corrected chi connectivity index (χ3v) is 7.76. The first-order valence-corrected chi connectivity index (χ1v) is 11.5. The van der Waals surface area contributed by atoms with Crippen LogP contribution in [-0.4, -0.2) is 41.4 Å². The van der Waals surface area contributed by atoms with Crippen LogP contribution in [0.1, 0.15) is 24.3 Å². The number of nitrogens with one attached hydrogen (secondary N) is 1. The van der Waals surface area contributed by atoms with Crippen LogP contribution in [-0.2, 0) is 14.8 Å². The number of sulfonamides is 1. The van der Waals surface area contributed by atoms with E-state index in [9.17, 15) is 13.2 Å². The van der Waals surface area contributed by atoms with E-state index in [0.29, 0.717) is 23.7 Å². The van der Waals surface area contributed by atoms with Gasteiger partial charge >= 0.3 is 0 Å². The minimum Gasteiger partial charge on any atom is -0.360 e. The molecule has 1 aliphatic rings. The quantitative estimate of drug-likeness (QED) is 0.664. The minimum atomic E-state index is -3.88. The van der Waals surface area contributed by atoms with Crippen molar-refractivity contribution in [3.05, 3.63) is 47.2 Å². The van der Waals surface area contributed by atoms with E-state index in [1.165, 1.54) is 15.6 Å². The Morgan fingerprint density at radius 1 is 1.28 bits per heavy atom. The molecule has 1 amide bonds. The van der Waals surface area contributed by atoms with E-state index in [4.69, 9.17) is 4.52 Å². The molecular weight excluding hydrogens is 412 g/mol. The Kier molecular flexibility index (Phi) is 5.24. The molecule has 0 unspecified atom stereocenters. The van der Waals surface area contributed by atoms with E-state index in [2.05, 4.69) is 15.5 Å². The molecule has 4 rings (SSSR count). The third-order valence-electron chi connectivity index (χ3n) is 4.84. The number of aryl methyl sites for hydroxylation is 2. The van der Waals surface area contributed by atoms with E-state index in [1.807, 2.05) is 35.7 Å². The van der Waals surface area contributed by atoms with Crippen LogP contribution in [0.4, 0.5) is 5.13 Å². The number of hydrogen-bond acceptors (Lipinski definition) is 7. The van der Waals surface area contributed by atoms with Gasteiger partial charge in [-0.15, -0.1) is 11.3 Å². The molecule has 8 nitrogen and oxygen atoms in total. The molecule has 0 aliphatic carbocycles. The molecule has 1 atom stereocenters. The number of anilines is 1. The normalized spacial score (nSPS) is 17.5. The molecule has 29 heavy (non-hydrogen) atoms. The highest BCUT2D eigenvalue weighted by atomic mass is 32.2. The predicted octanol–water partition coefficient (Wildman–Crippen LogP) is 3.21. The van der Waals surface area contributed by atoms with Crippen molar-refractivity contribution in [3.63, 3.8) is 0 Å². The van der Waals surface area contributed by atoms with Gasteiger partial charge in [0.05, 0.1) is 5.69 Å². The maximum Gasteiger partial charge on any atom is 0.249 e. The summed E-state index contributed by atoms with van der Waals surface area (Å²) >= 11 is 1.31. The van der Waals surface area contributed by atoms with Gasteiger partial charge in [0.25, 0.3) is 0 Å². The van der Waals surface area contributed by atoms with Crippen LogP contribution in [0.2, 0.25) is 0 Å². The molecule has 0 radical (unpaired) electrons. The zero-order valence-corrected chi connectivity index (χ0v) is 17.6. The highest BCUT2D eigenvalue weighted by molar-refractivity contribution is 7.89. The van der Waals surface area contributed by atoms with Crippen LogP contribution in [0.15, 0.2) is 45.1 Å². The third kappa shape index (κ3) is 3.70. The monoisotopic (exact) mass is 432 g/mol. The smallest absolute Gasteiger partial charge is 0.249 e. The van der Waals surface area contributed by atoms with E-state index >= 15 is 0 Å². The summed E-state index contributed by atoms with van der Waals surface area (Å²) < 4.78 is 32.5. The van der Waals surface area contributed by atoms with Gasteiger partial charge in [-0.2, -0.15) is 4.31 Å². The van der Waals surface area contributed by atoms with Crippen LogP contribution in [0.3, 0.4) is 0 Å². The van der Waals surface area contributed by atoms with Crippen LogP contribution in [0.5, 0.6) is 0 Å². The number of aromatic nitrogens is 2. The van der Waals surface area contributed by atoms with E-state index in [-0.39, 0.29) is 23.1 Å². The van der Waals surface area contributed by atoms with Crippen molar-refractivity contribution >= 4 is 32.4 Å². The fourth-order valence-corrected chi connectivity index (χ4v) is 6.19. The van der Waals surface area contributed by atoms with E-state index in [0.717, 1.165) is 11.3 Å². The Morgan fingerprint density at radius 3 is 2.72 bits per heavy atom. The molecule has 2 aromatic heterocycles. The van der Waals surface area contributed by atoms with Gasteiger partial charge in [-0.1, -0.05) is 35.5 Å². The average Bonchev–Trinajstić information content (AvgIpc) is 3.43. The predicted molar refractivity (Wildman–Crippen MR) is 109 cm³/mol. The summed E-state index contributed by atoms with van der Waals surface area (Å²) in [6, 6.07) is 8.85. The van der Waals surface area contributed by atoms with E-state index in [1.54, 1.807) is 13.8 Å². The summed E-state index contributed by atoms with van der Waals surface area (Å²) in [4.78, 5) is 17.4. The van der Waals surface area contributed by atoms with E-state index < -0.39 is 16.1 Å². The van der Waals surface area contributed by atoms with Gasteiger partial charge in [0.1, 0.15) is 16.6 Å². The maximum absolute atomic E-state index is 13.1. The molecule has 1 saturated heterocycles. The lowest BCUT2D eigenvalue weighted by Gasteiger charge is -2.22. The summed E-state index contributed by atoms with van der Waals surface area (Å²) in [5, 5.41) is 8.81. The van der Waals surface area contributed by atoms with Crippen LogP contribution in [0, 0.1) is 13.8 Å². The maximum atomic E-state index is 13.1. The molecule has 152 valence electrons. The SMILES string of the molecule is Cc1noc(C)c1S(=O)(=O)N1CCC[C@@H]1C(=O)Nc1nc(-c2ccccc2)cs1. The van der Waals surface area contributed by atoms with Gasteiger partial charge in [-0.3, -0.25) is 4.79 Å². The van der Waals surface area contributed by atoms with Gasteiger partial charge in [-0.25, -0.2) is 13.4 Å². The fraction of sp³-hybridized carbons (Fsp3) is 0.316. The van der Waals surface area contributed by atoms with Gasteiger partial charge in [0, 0.05) is 17.5 Å². The lowest BCUT2D eigenvalue weighted by Crippen LogP contribution is -2.43. The lowest BCUT2D eigenvalue weighted by atomic mass is 10.2. The molecule has 1 aliphatic heterocycles. The summed E-state index contributed by atoms with van der Waals surface area (Å²) in [6.07, 6.45) is 1.05. The molecule has 0 spiro atoms. The number of amides is 1. The Labute approximate surface area is 172 Å². The minimum absolute atomic E-state index is 0.0396. The van der Waals surface area contributed by atoms with Crippen molar-refractivity contribution in [3.8, 4) is 11.3 Å². The van der Waals surface area contributed by atoms with Crippen molar-refractivity contribution in [2.45, 2.75) is 37.6 Å². The standard InChI is InChI=1S/C19H20N4O4S2/c1-12-17(13(2)27-22-12)29(25,26)23-10-6-9-16(23)18(24)21-19-20-15(11-28-19)14-7-4-3-5-8-14/h3-5,7-8,11,16H,6,9-10H2,1-2H3,(H,20,21,24)/t16-/m1/s1. The van der Waals surface area contributed by atoms with Gasteiger partial charge in [0.15, 0.2) is 10.9 Å². The number of carbonyl (C=O) groups is 1. The van der Waals surface area contributed by atoms with Crippen molar-refractivity contribution < 1.29 is 17.7 Å². The molecule has 10 heteroatoms. The van der Waals surface area contributed by atoms with Crippen LogP contribution in [0.25, 0.3) is 11.3 Å². The highest BCUT2D eigenvalue weighted by Crippen LogP contribution is 2.31. The number of nitrogens with zero attached hydrogens (tertiary/aromatic N) is 3. The molecule has 1 N–H and O–H groups in total. The molecule has 1 fully saturated rings. The first-order chi connectivity index (χ1) is 13.9. The number of benzene rings is 1. The Morgan fingerprint density at radius 2 is 2.03 bits per heavy atom. The average molecular weight is 433 g/mol. The Hall–Kier alpha value is -2.56. The van der Waals surface area contributed by atoms with Crippen molar-refractivity contribution in [1.82, 2.24) is 14.4 Å². The highest BCUT2D eigenvalue weighted by Gasteiger charge is 2.42. The molecule has 3 heterocycles. The lowest BCUT2D eigenvalue weighted by molar-refractivity contribution is -0.119. The van der Waals surface area contributed by atoms with Gasteiger partial charge < -0.3 is 9.84 Å². The number of rotatable bonds is 5. The Balaban J connectivity index is 1.54. The zero-order valence-electron chi connectivity index (χ0n) is 16.0. The topological polar surface area (TPSA) is 105 Å². The number of carbonyl (C=O) groups excluding carboxylic acids is 1. The number of thiazole rings is 1. The second-order valence-electron chi connectivity index (χ2n) is 6.82. The summed E-state index contributed by atoms with van der Waals surface area (Å²) in [5.41, 5.74) is 2.01. The molecule has 0 saturated carbocycles. The second-order valence-corrected chi connectivity index (χ2v) is 9.51. The van der Waals surface area contributed by atoms with Crippen LogP contribution >= 0.6 is 11.3 Å². The zero-order chi connectivity index (χ0) is 20.6. The first kappa shape index (κ1) is 19.7.